The van der Waals surface area contributed by atoms with Crippen LogP contribution < -0.4 is 33.4 Å². The molecule has 0 heterocycles. The number of quaternary nitrogens is 1. The maximum absolute atomic E-state index is 11.8. The van der Waals surface area contributed by atoms with Crippen LogP contribution in [-0.2, 0) is 10.2 Å². The molecule has 1 N–H and O–H groups in total. The van der Waals surface area contributed by atoms with Gasteiger partial charge in [-0.3, -0.25) is 0 Å². The summed E-state index contributed by atoms with van der Waals surface area (Å²) in [5.41, 5.74) is 1.18. The van der Waals surface area contributed by atoms with E-state index < -0.39 is 10.2 Å². The van der Waals surface area contributed by atoms with Crippen molar-refractivity contribution in [1.82, 2.24) is 9.03 Å². The number of nitrogens with one attached hydrogen (secondary N) is 1. The second-order valence-corrected chi connectivity index (χ2v) is 8.24. The lowest BCUT2D eigenvalue weighted by atomic mass is 10.2. The molecule has 0 aliphatic carbocycles. The highest BCUT2D eigenvalue weighted by atomic mass is 127. The van der Waals surface area contributed by atoms with Crippen LogP contribution in [0.5, 0.6) is 5.75 Å². The predicted molar refractivity (Wildman–Crippen MR) is 105 cm³/mol. The summed E-state index contributed by atoms with van der Waals surface area (Å²) >= 11 is 0. The van der Waals surface area contributed by atoms with Gasteiger partial charge < -0.3 is 33.2 Å². The summed E-state index contributed by atoms with van der Waals surface area (Å²) < 4.78 is 34.1. The third-order valence-corrected chi connectivity index (χ3v) is 6.05. The summed E-state index contributed by atoms with van der Waals surface area (Å²) in [6.45, 7) is 10.8. The first kappa shape index (κ1) is 27.8. The first-order valence-corrected chi connectivity index (χ1v) is 9.90. The van der Waals surface area contributed by atoms with E-state index in [1.165, 1.54) is 24.0 Å². The molecule has 0 bridgehead atoms. The Bertz CT molecular complexity index is 605. The molecule has 0 aliphatic rings. The molecule has 6 nitrogen and oxygen atoms in total. The number of ether oxygens (including phenoxy) is 1. The number of benzene rings is 1. The molecule has 0 atom stereocenters. The van der Waals surface area contributed by atoms with Gasteiger partial charge in [0.2, 0.25) is 0 Å². The van der Waals surface area contributed by atoms with Crippen molar-refractivity contribution in [2.24, 2.45) is 0 Å². The molecule has 0 fully saturated rings. The highest BCUT2D eigenvalue weighted by Gasteiger charge is 2.24. The molecule has 0 radical (unpaired) electrons. The van der Waals surface area contributed by atoms with Crippen LogP contribution in [0.3, 0.4) is 0 Å². The van der Waals surface area contributed by atoms with Gasteiger partial charge in [-0.15, -0.1) is 0 Å². The van der Waals surface area contributed by atoms with Gasteiger partial charge in [-0.05, 0) is 38.5 Å². The lowest BCUT2D eigenvalue weighted by Gasteiger charge is -2.37. The van der Waals surface area contributed by atoms with Gasteiger partial charge in [0.05, 0.1) is 26.2 Å². The average molecular weight is 501 g/mol. The van der Waals surface area contributed by atoms with E-state index in [0.29, 0.717) is 13.2 Å². The highest BCUT2D eigenvalue weighted by molar-refractivity contribution is 7.87. The number of nitrogens with zero attached hydrogens (tertiary/aromatic N) is 2. The van der Waals surface area contributed by atoms with E-state index in [1.807, 2.05) is 31.2 Å². The van der Waals surface area contributed by atoms with Crippen molar-refractivity contribution in [3.63, 3.8) is 0 Å². The fourth-order valence-electron chi connectivity index (χ4n) is 2.57. The predicted octanol–water partition coefficient (Wildman–Crippen LogP) is -0.733. The first-order valence-electron chi connectivity index (χ1n) is 8.46. The summed E-state index contributed by atoms with van der Waals surface area (Å²) in [5, 5.41) is 0. The third-order valence-electron chi connectivity index (χ3n) is 4.52. The lowest BCUT2D eigenvalue weighted by molar-refractivity contribution is -0.923. The standard InChI is InChI=1S/C17H32N3O3S.CH4.HI/c1-6-20(7-2,12-11-18-24(21,22)19(4)5)13-14-23-17-10-8-9-16(3)15-17;;/h8-10,15,18H,6-7,11-14H2,1-5H3;1H4;1H/q+1;;/p-1. The number of hydrogen-bond acceptors (Lipinski definition) is 3. The minimum absolute atomic E-state index is 0. The molecule has 1 aromatic rings. The molecule has 0 unspecified atom stereocenters. The second kappa shape index (κ2) is 12.9. The summed E-state index contributed by atoms with van der Waals surface area (Å²) in [6.07, 6.45) is 0. The van der Waals surface area contributed by atoms with Gasteiger partial charge in [-0.2, -0.15) is 17.4 Å². The molecule has 0 spiro atoms. The normalized spacial score (nSPS) is 11.6. The molecule has 8 heteroatoms. The van der Waals surface area contributed by atoms with Crippen molar-refractivity contribution in [3.8, 4) is 5.75 Å². The Morgan fingerprint density at radius 1 is 1.15 bits per heavy atom. The number of rotatable bonds is 11. The van der Waals surface area contributed by atoms with Crippen LogP contribution in [0.4, 0.5) is 0 Å². The van der Waals surface area contributed by atoms with Gasteiger partial charge in [0.1, 0.15) is 18.9 Å². The molecule has 26 heavy (non-hydrogen) atoms. The van der Waals surface area contributed by atoms with Crippen LogP contribution in [0, 0.1) is 6.92 Å². The number of likely N-dealkylation sites (N-methyl/N-ethyl adjacent to an activating group) is 1. The minimum atomic E-state index is -3.36. The maximum Gasteiger partial charge on any atom is 0.279 e. The topological polar surface area (TPSA) is 58.6 Å². The van der Waals surface area contributed by atoms with Gasteiger partial charge in [-0.1, -0.05) is 19.6 Å². The molecule has 1 aromatic carbocycles. The van der Waals surface area contributed by atoms with E-state index in [4.69, 9.17) is 4.74 Å². The first-order chi connectivity index (χ1) is 11.2. The highest BCUT2D eigenvalue weighted by Crippen LogP contribution is 2.13. The number of halogens is 1. The zero-order valence-corrected chi connectivity index (χ0v) is 18.9. The van der Waals surface area contributed by atoms with Crippen LogP contribution >= 0.6 is 0 Å². The summed E-state index contributed by atoms with van der Waals surface area (Å²) in [5.74, 6) is 0.883. The second-order valence-electron chi connectivity index (χ2n) is 6.27. The maximum atomic E-state index is 11.8. The van der Waals surface area contributed by atoms with Crippen LogP contribution in [-0.4, -0.2) is 70.6 Å². The van der Waals surface area contributed by atoms with E-state index >= 15 is 0 Å². The molecule has 0 aromatic heterocycles. The number of aryl methyl sites for hydroxylation is 1. The Morgan fingerprint density at radius 3 is 2.27 bits per heavy atom. The van der Waals surface area contributed by atoms with Gasteiger partial charge in [0, 0.05) is 14.1 Å². The van der Waals surface area contributed by atoms with Gasteiger partial charge >= 0.3 is 0 Å². The van der Waals surface area contributed by atoms with Crippen molar-refractivity contribution < 1.29 is 41.6 Å². The fourth-order valence-corrected chi connectivity index (χ4v) is 3.18. The molecule has 1 rings (SSSR count). The minimum Gasteiger partial charge on any atom is -1.00 e. The van der Waals surface area contributed by atoms with Gasteiger partial charge in [0.15, 0.2) is 0 Å². The Balaban J connectivity index is 0. The smallest absolute Gasteiger partial charge is 0.279 e. The van der Waals surface area contributed by atoms with Gasteiger partial charge in [0.25, 0.3) is 10.2 Å². The van der Waals surface area contributed by atoms with Crippen molar-refractivity contribution >= 4 is 10.2 Å². The lowest BCUT2D eigenvalue weighted by Crippen LogP contribution is -3.00. The Labute approximate surface area is 177 Å². The Morgan fingerprint density at radius 2 is 1.77 bits per heavy atom. The Kier molecular flexibility index (Phi) is 13.8. The van der Waals surface area contributed by atoms with E-state index in [1.54, 1.807) is 0 Å². The van der Waals surface area contributed by atoms with Crippen LogP contribution in [0.2, 0.25) is 0 Å². The average Bonchev–Trinajstić information content (AvgIpc) is 2.53. The molecule has 0 amide bonds. The summed E-state index contributed by atoms with van der Waals surface area (Å²) in [6, 6.07) is 8.02. The van der Waals surface area contributed by atoms with Gasteiger partial charge in [-0.25, -0.2) is 0 Å². The molecular formula is C18H36IN3O3S. The summed E-state index contributed by atoms with van der Waals surface area (Å²) in [7, 11) is -0.308. The van der Waals surface area contributed by atoms with E-state index in [0.717, 1.165) is 36.4 Å². The summed E-state index contributed by atoms with van der Waals surface area (Å²) in [4.78, 5) is 0. The van der Waals surface area contributed by atoms with Crippen molar-refractivity contribution in [1.29, 1.82) is 0 Å². The van der Waals surface area contributed by atoms with E-state index in [-0.39, 0.29) is 31.4 Å². The SMILES string of the molecule is C.CC[N+](CC)(CCNS(=O)(=O)N(C)C)CCOc1cccc(C)c1.[I-]. The quantitative estimate of drug-likeness (QED) is 0.321. The fraction of sp³-hybridized carbons (Fsp3) is 0.667. The zero-order valence-electron chi connectivity index (χ0n) is 16.0. The zero-order chi connectivity index (χ0) is 18.2. The molecular weight excluding hydrogens is 465 g/mol. The van der Waals surface area contributed by atoms with Crippen molar-refractivity contribution in [2.45, 2.75) is 28.2 Å². The molecule has 0 aliphatic heterocycles. The van der Waals surface area contributed by atoms with Crippen LogP contribution in [0.1, 0.15) is 26.8 Å². The van der Waals surface area contributed by atoms with Crippen molar-refractivity contribution in [3.05, 3.63) is 29.8 Å². The molecule has 0 saturated carbocycles. The third kappa shape index (κ3) is 8.98. The van der Waals surface area contributed by atoms with Crippen LogP contribution in [0.15, 0.2) is 24.3 Å². The largest absolute Gasteiger partial charge is 1.00 e. The van der Waals surface area contributed by atoms with E-state index in [2.05, 4.69) is 18.6 Å². The molecule has 154 valence electrons. The Hall–Kier alpha value is -0.420. The molecule has 0 saturated heterocycles. The van der Waals surface area contributed by atoms with Crippen molar-refractivity contribution in [2.75, 3.05) is 53.4 Å². The van der Waals surface area contributed by atoms with Crippen LogP contribution in [0.25, 0.3) is 0 Å². The van der Waals surface area contributed by atoms with E-state index in [9.17, 15) is 8.42 Å². The number of hydrogen-bond donors (Lipinski definition) is 1. The monoisotopic (exact) mass is 501 g/mol.